The van der Waals surface area contributed by atoms with Crippen molar-refractivity contribution in [2.24, 2.45) is 5.92 Å². The lowest BCUT2D eigenvalue weighted by molar-refractivity contribution is -0.139. The van der Waals surface area contributed by atoms with Crippen molar-refractivity contribution in [2.75, 3.05) is 13.1 Å². The largest absolute Gasteiger partial charge is 0.426 e. The second-order valence-electron chi connectivity index (χ2n) is 5.15. The van der Waals surface area contributed by atoms with Gasteiger partial charge in [-0.1, -0.05) is 6.07 Å². The molecule has 18 heavy (non-hydrogen) atoms. The molecule has 1 aromatic carbocycles. The molecule has 3 heteroatoms. The number of carbonyl (C=O) groups is 1. The van der Waals surface area contributed by atoms with Gasteiger partial charge in [-0.3, -0.25) is 4.79 Å². The minimum Gasteiger partial charge on any atom is -0.426 e. The van der Waals surface area contributed by atoms with Gasteiger partial charge in [0.2, 0.25) is 0 Å². The Kier molecular flexibility index (Phi) is 4.02. The van der Waals surface area contributed by atoms with E-state index in [4.69, 9.17) is 4.74 Å². The standard InChI is InChI=1S/C15H21NO2/c1-10-8-12(3)14(9-11(10)2)18-15(17)13-4-6-16-7-5-13/h8-9,13,16H,4-7H2,1-3H3. The highest BCUT2D eigenvalue weighted by Gasteiger charge is 2.23. The number of esters is 1. The van der Waals surface area contributed by atoms with Crippen LogP contribution >= 0.6 is 0 Å². The Morgan fingerprint density at radius 2 is 1.72 bits per heavy atom. The number of benzene rings is 1. The number of ether oxygens (including phenoxy) is 1. The van der Waals surface area contributed by atoms with Gasteiger partial charge in [0, 0.05) is 0 Å². The summed E-state index contributed by atoms with van der Waals surface area (Å²) in [6.07, 6.45) is 1.76. The molecule has 1 aromatic rings. The van der Waals surface area contributed by atoms with E-state index in [-0.39, 0.29) is 11.9 Å². The van der Waals surface area contributed by atoms with Gasteiger partial charge in [0.1, 0.15) is 5.75 Å². The fraction of sp³-hybridized carbons (Fsp3) is 0.533. The number of hydrogen-bond donors (Lipinski definition) is 1. The first kappa shape index (κ1) is 13.1. The maximum atomic E-state index is 12.1. The molecule has 3 nitrogen and oxygen atoms in total. The molecule has 0 spiro atoms. The summed E-state index contributed by atoms with van der Waals surface area (Å²) >= 11 is 0. The minimum absolute atomic E-state index is 0.0484. The molecule has 1 aliphatic rings. The monoisotopic (exact) mass is 247 g/mol. The van der Waals surface area contributed by atoms with Crippen molar-refractivity contribution in [3.63, 3.8) is 0 Å². The first-order valence-corrected chi connectivity index (χ1v) is 6.58. The molecule has 0 amide bonds. The van der Waals surface area contributed by atoms with Crippen LogP contribution in [-0.2, 0) is 4.79 Å². The van der Waals surface area contributed by atoms with Crippen molar-refractivity contribution in [1.29, 1.82) is 0 Å². The average molecular weight is 247 g/mol. The predicted molar refractivity (Wildman–Crippen MR) is 71.9 cm³/mol. The molecule has 0 bridgehead atoms. The van der Waals surface area contributed by atoms with Crippen LogP contribution in [0.25, 0.3) is 0 Å². The van der Waals surface area contributed by atoms with E-state index >= 15 is 0 Å². The maximum Gasteiger partial charge on any atom is 0.314 e. The molecule has 98 valence electrons. The Bertz CT molecular complexity index is 448. The SMILES string of the molecule is Cc1cc(C)c(OC(=O)C2CCNCC2)cc1C. The third-order valence-electron chi connectivity index (χ3n) is 3.67. The van der Waals surface area contributed by atoms with Crippen molar-refractivity contribution in [3.8, 4) is 5.75 Å². The fourth-order valence-electron chi connectivity index (χ4n) is 2.29. The highest BCUT2D eigenvalue weighted by atomic mass is 16.5. The number of nitrogens with one attached hydrogen (secondary N) is 1. The summed E-state index contributed by atoms with van der Waals surface area (Å²) in [5, 5.41) is 3.25. The first-order valence-electron chi connectivity index (χ1n) is 6.58. The fourth-order valence-corrected chi connectivity index (χ4v) is 2.29. The number of piperidine rings is 1. The van der Waals surface area contributed by atoms with Gasteiger partial charge in [-0.25, -0.2) is 0 Å². The second kappa shape index (κ2) is 5.53. The molecule has 1 saturated heterocycles. The van der Waals surface area contributed by atoms with E-state index in [1.165, 1.54) is 5.56 Å². The number of aryl methyl sites for hydroxylation is 3. The Hall–Kier alpha value is -1.35. The summed E-state index contributed by atoms with van der Waals surface area (Å²) in [6.45, 7) is 7.91. The van der Waals surface area contributed by atoms with Crippen LogP contribution in [0.15, 0.2) is 12.1 Å². The van der Waals surface area contributed by atoms with E-state index in [0.29, 0.717) is 5.75 Å². The van der Waals surface area contributed by atoms with Gasteiger partial charge in [0.05, 0.1) is 5.92 Å². The Labute approximate surface area is 109 Å². The van der Waals surface area contributed by atoms with E-state index < -0.39 is 0 Å². The second-order valence-corrected chi connectivity index (χ2v) is 5.15. The average Bonchev–Trinajstić information content (AvgIpc) is 2.37. The predicted octanol–water partition coefficient (Wildman–Crippen LogP) is 2.52. The lowest BCUT2D eigenvalue weighted by atomic mass is 9.98. The van der Waals surface area contributed by atoms with Gasteiger partial charge >= 0.3 is 5.97 Å². The van der Waals surface area contributed by atoms with E-state index in [9.17, 15) is 4.79 Å². The van der Waals surface area contributed by atoms with Crippen LogP contribution < -0.4 is 10.1 Å². The van der Waals surface area contributed by atoms with Gasteiger partial charge in [-0.2, -0.15) is 0 Å². The summed E-state index contributed by atoms with van der Waals surface area (Å²) < 4.78 is 5.55. The van der Waals surface area contributed by atoms with Gasteiger partial charge in [0.15, 0.2) is 0 Å². The summed E-state index contributed by atoms with van der Waals surface area (Å²) in [6, 6.07) is 4.03. The first-order chi connectivity index (χ1) is 8.58. The van der Waals surface area contributed by atoms with Crippen molar-refractivity contribution in [1.82, 2.24) is 5.32 Å². The van der Waals surface area contributed by atoms with E-state index in [1.807, 2.05) is 19.9 Å². The van der Waals surface area contributed by atoms with Crippen LogP contribution in [0.4, 0.5) is 0 Å². The highest BCUT2D eigenvalue weighted by molar-refractivity contribution is 5.75. The molecule has 2 rings (SSSR count). The van der Waals surface area contributed by atoms with Crippen molar-refractivity contribution in [2.45, 2.75) is 33.6 Å². The summed E-state index contributed by atoms with van der Waals surface area (Å²) in [5.41, 5.74) is 3.42. The lowest BCUT2D eigenvalue weighted by Gasteiger charge is -2.21. The van der Waals surface area contributed by atoms with Gasteiger partial charge in [-0.05, 0) is 69.5 Å². The van der Waals surface area contributed by atoms with E-state index in [1.54, 1.807) is 0 Å². The molecule has 0 radical (unpaired) electrons. The number of rotatable bonds is 2. The topological polar surface area (TPSA) is 38.3 Å². The molecule has 0 aliphatic carbocycles. The van der Waals surface area contributed by atoms with Crippen LogP contribution in [0.1, 0.15) is 29.5 Å². The molecule has 1 N–H and O–H groups in total. The molecule has 0 aromatic heterocycles. The van der Waals surface area contributed by atoms with Crippen LogP contribution in [0.3, 0.4) is 0 Å². The van der Waals surface area contributed by atoms with Gasteiger partial charge < -0.3 is 10.1 Å². The summed E-state index contributed by atoms with van der Waals surface area (Å²) in [4.78, 5) is 12.1. The minimum atomic E-state index is -0.0807. The van der Waals surface area contributed by atoms with Gasteiger partial charge in [0.25, 0.3) is 0 Å². The Morgan fingerprint density at radius 1 is 1.11 bits per heavy atom. The summed E-state index contributed by atoms with van der Waals surface area (Å²) in [5.74, 6) is 0.678. The maximum absolute atomic E-state index is 12.1. The molecule has 0 atom stereocenters. The zero-order chi connectivity index (χ0) is 13.1. The van der Waals surface area contributed by atoms with Crippen LogP contribution in [-0.4, -0.2) is 19.1 Å². The molecule has 1 heterocycles. The smallest absolute Gasteiger partial charge is 0.314 e. The molecule has 0 unspecified atom stereocenters. The number of hydrogen-bond acceptors (Lipinski definition) is 3. The van der Waals surface area contributed by atoms with Crippen LogP contribution in [0.2, 0.25) is 0 Å². The zero-order valence-corrected chi connectivity index (χ0v) is 11.4. The van der Waals surface area contributed by atoms with Crippen molar-refractivity contribution >= 4 is 5.97 Å². The van der Waals surface area contributed by atoms with E-state index in [2.05, 4.69) is 18.3 Å². The lowest BCUT2D eigenvalue weighted by Crippen LogP contribution is -2.33. The third kappa shape index (κ3) is 2.91. The van der Waals surface area contributed by atoms with Crippen LogP contribution in [0.5, 0.6) is 5.75 Å². The van der Waals surface area contributed by atoms with Crippen molar-refractivity contribution < 1.29 is 9.53 Å². The van der Waals surface area contributed by atoms with Crippen molar-refractivity contribution in [3.05, 3.63) is 28.8 Å². The third-order valence-corrected chi connectivity index (χ3v) is 3.67. The van der Waals surface area contributed by atoms with Crippen LogP contribution in [0, 0.1) is 26.7 Å². The summed E-state index contributed by atoms with van der Waals surface area (Å²) in [7, 11) is 0. The molecular weight excluding hydrogens is 226 g/mol. The molecule has 0 saturated carbocycles. The molecule has 1 aliphatic heterocycles. The Balaban J connectivity index is 2.08. The quantitative estimate of drug-likeness (QED) is 0.644. The normalized spacial score (nSPS) is 16.6. The zero-order valence-electron chi connectivity index (χ0n) is 11.4. The highest BCUT2D eigenvalue weighted by Crippen LogP contribution is 2.24. The van der Waals surface area contributed by atoms with E-state index in [0.717, 1.165) is 37.1 Å². The molecular formula is C15H21NO2. The molecule has 1 fully saturated rings. The number of carbonyl (C=O) groups excluding carboxylic acids is 1. The van der Waals surface area contributed by atoms with Gasteiger partial charge in [-0.15, -0.1) is 0 Å². The Morgan fingerprint density at radius 3 is 2.39 bits per heavy atom.